The second-order valence-electron chi connectivity index (χ2n) is 6.23. The summed E-state index contributed by atoms with van der Waals surface area (Å²) < 4.78 is 0. The van der Waals surface area contributed by atoms with Crippen molar-refractivity contribution < 1.29 is 9.90 Å². The molecule has 2 rings (SSSR count). The molecular formula is C16H25N3O2. The van der Waals surface area contributed by atoms with E-state index in [1.54, 1.807) is 6.07 Å². The van der Waals surface area contributed by atoms with Crippen LogP contribution in [-0.4, -0.2) is 40.1 Å². The van der Waals surface area contributed by atoms with Gasteiger partial charge in [-0.3, -0.25) is 4.79 Å². The third kappa shape index (κ3) is 3.73. The van der Waals surface area contributed by atoms with E-state index in [1.807, 2.05) is 31.7 Å². The highest BCUT2D eigenvalue weighted by Crippen LogP contribution is 2.23. The lowest BCUT2D eigenvalue weighted by Crippen LogP contribution is -2.40. The van der Waals surface area contributed by atoms with Crippen LogP contribution in [-0.2, 0) is 0 Å². The number of nitrogens with zero attached hydrogens (tertiary/aromatic N) is 2. The van der Waals surface area contributed by atoms with Gasteiger partial charge in [0.1, 0.15) is 5.82 Å². The molecule has 0 aliphatic carbocycles. The summed E-state index contributed by atoms with van der Waals surface area (Å²) in [6.45, 7) is 7.26. The highest BCUT2D eigenvalue weighted by molar-refractivity contribution is 5.95. The fraction of sp³-hybridized carbons (Fsp3) is 0.625. The normalized spacial score (nSPS) is 18.0. The first-order valence-electron chi connectivity index (χ1n) is 7.63. The number of aliphatic hydroxyl groups is 1. The molecule has 0 saturated carbocycles. The number of carbonyl (C=O) groups is 1. The van der Waals surface area contributed by atoms with Gasteiger partial charge in [-0.25, -0.2) is 4.98 Å². The van der Waals surface area contributed by atoms with E-state index in [-0.39, 0.29) is 17.9 Å². The van der Waals surface area contributed by atoms with Crippen molar-refractivity contribution in [1.29, 1.82) is 0 Å². The Morgan fingerprint density at radius 2 is 1.95 bits per heavy atom. The van der Waals surface area contributed by atoms with E-state index in [1.165, 1.54) is 0 Å². The third-order valence-corrected chi connectivity index (χ3v) is 4.21. The minimum Gasteiger partial charge on any atom is -0.393 e. The van der Waals surface area contributed by atoms with Crippen LogP contribution in [0.25, 0.3) is 0 Å². The van der Waals surface area contributed by atoms with E-state index in [4.69, 9.17) is 5.73 Å². The predicted octanol–water partition coefficient (Wildman–Crippen LogP) is 2.02. The monoisotopic (exact) mass is 291 g/mol. The standard InChI is InChI=1S/C16H25N3O2/c1-10(2)14-8-13(9-15(17)18-14)16(21)19-6-4-12(5-7-19)11(3)20/h8-12,20H,4-7H2,1-3H3,(H2,17,18). The maximum atomic E-state index is 12.6. The van der Waals surface area contributed by atoms with Crippen LogP contribution >= 0.6 is 0 Å². The van der Waals surface area contributed by atoms with Gasteiger partial charge in [0, 0.05) is 24.3 Å². The van der Waals surface area contributed by atoms with Crippen LogP contribution in [0.5, 0.6) is 0 Å². The molecule has 1 aliphatic heterocycles. The number of likely N-dealkylation sites (tertiary alicyclic amines) is 1. The lowest BCUT2D eigenvalue weighted by atomic mass is 9.92. The van der Waals surface area contributed by atoms with Crippen molar-refractivity contribution in [3.63, 3.8) is 0 Å². The van der Waals surface area contributed by atoms with Crippen molar-refractivity contribution in [1.82, 2.24) is 9.88 Å². The van der Waals surface area contributed by atoms with Crippen LogP contribution in [0.3, 0.4) is 0 Å². The molecular weight excluding hydrogens is 266 g/mol. The molecule has 1 aromatic heterocycles. The molecule has 1 aromatic rings. The van der Waals surface area contributed by atoms with Crippen LogP contribution < -0.4 is 5.73 Å². The summed E-state index contributed by atoms with van der Waals surface area (Å²) in [5.74, 6) is 0.933. The SMILES string of the molecule is CC(C)c1cc(C(=O)N2CCC(C(C)O)CC2)cc(N)n1. The van der Waals surface area contributed by atoms with Crippen LogP contribution in [0.2, 0.25) is 0 Å². The van der Waals surface area contributed by atoms with Crippen molar-refractivity contribution >= 4 is 11.7 Å². The number of nitrogens with two attached hydrogens (primary N) is 1. The minimum absolute atomic E-state index is 0.00930. The van der Waals surface area contributed by atoms with Crippen molar-refractivity contribution in [3.05, 3.63) is 23.4 Å². The zero-order valence-corrected chi connectivity index (χ0v) is 13.0. The Hall–Kier alpha value is -1.62. The van der Waals surface area contributed by atoms with Gasteiger partial charge in [0.05, 0.1) is 6.10 Å². The van der Waals surface area contributed by atoms with Crippen LogP contribution in [0.15, 0.2) is 12.1 Å². The number of hydrogen-bond acceptors (Lipinski definition) is 4. The molecule has 2 heterocycles. The lowest BCUT2D eigenvalue weighted by molar-refractivity contribution is 0.0521. The molecule has 1 atom stereocenters. The average Bonchev–Trinajstić information content (AvgIpc) is 2.45. The number of rotatable bonds is 3. The smallest absolute Gasteiger partial charge is 0.254 e. The van der Waals surface area contributed by atoms with Crippen LogP contribution in [0, 0.1) is 5.92 Å². The Kier molecular flexibility index (Phi) is 4.83. The van der Waals surface area contributed by atoms with Gasteiger partial charge in [0.15, 0.2) is 0 Å². The van der Waals surface area contributed by atoms with Gasteiger partial charge < -0.3 is 15.7 Å². The Balaban J connectivity index is 2.11. The van der Waals surface area contributed by atoms with Gasteiger partial charge in [0.25, 0.3) is 5.91 Å². The maximum Gasteiger partial charge on any atom is 0.254 e. The van der Waals surface area contributed by atoms with E-state index >= 15 is 0 Å². The highest BCUT2D eigenvalue weighted by atomic mass is 16.3. The Labute approximate surface area is 126 Å². The molecule has 21 heavy (non-hydrogen) atoms. The van der Waals surface area contributed by atoms with Crippen molar-refractivity contribution in [2.75, 3.05) is 18.8 Å². The van der Waals surface area contributed by atoms with Crippen molar-refractivity contribution in [3.8, 4) is 0 Å². The molecule has 5 nitrogen and oxygen atoms in total. The summed E-state index contributed by atoms with van der Waals surface area (Å²) in [5.41, 5.74) is 7.27. The van der Waals surface area contributed by atoms with Crippen LogP contribution in [0.1, 0.15) is 55.6 Å². The largest absolute Gasteiger partial charge is 0.393 e. The number of amides is 1. The molecule has 0 bridgehead atoms. The first-order chi connectivity index (χ1) is 9.88. The molecule has 116 valence electrons. The average molecular weight is 291 g/mol. The molecule has 1 unspecified atom stereocenters. The Morgan fingerprint density at radius 3 is 2.48 bits per heavy atom. The zero-order valence-electron chi connectivity index (χ0n) is 13.0. The second kappa shape index (κ2) is 6.43. The summed E-state index contributed by atoms with van der Waals surface area (Å²) in [6, 6.07) is 3.49. The summed E-state index contributed by atoms with van der Waals surface area (Å²) in [5, 5.41) is 9.62. The lowest BCUT2D eigenvalue weighted by Gasteiger charge is -2.33. The van der Waals surface area contributed by atoms with Crippen molar-refractivity contribution in [2.24, 2.45) is 5.92 Å². The van der Waals surface area contributed by atoms with Crippen molar-refractivity contribution in [2.45, 2.75) is 45.6 Å². The van der Waals surface area contributed by atoms with E-state index in [9.17, 15) is 9.90 Å². The molecule has 3 N–H and O–H groups in total. The van der Waals surface area contributed by atoms with Gasteiger partial charge in [-0.15, -0.1) is 0 Å². The molecule has 5 heteroatoms. The van der Waals surface area contributed by atoms with E-state index in [0.29, 0.717) is 30.4 Å². The van der Waals surface area contributed by atoms with Crippen LogP contribution in [0.4, 0.5) is 5.82 Å². The molecule has 0 spiro atoms. The number of nitrogen functional groups attached to an aromatic ring is 1. The Morgan fingerprint density at radius 1 is 1.33 bits per heavy atom. The fourth-order valence-electron chi connectivity index (χ4n) is 2.76. The van der Waals surface area contributed by atoms with E-state index in [0.717, 1.165) is 18.5 Å². The summed E-state index contributed by atoms with van der Waals surface area (Å²) >= 11 is 0. The number of anilines is 1. The van der Waals surface area contributed by atoms with Gasteiger partial charge >= 0.3 is 0 Å². The molecule has 0 radical (unpaired) electrons. The first kappa shape index (κ1) is 15.8. The molecule has 0 aromatic carbocycles. The van der Waals surface area contributed by atoms with Gasteiger partial charge in [0.2, 0.25) is 0 Å². The number of aromatic nitrogens is 1. The van der Waals surface area contributed by atoms with Gasteiger partial charge in [-0.1, -0.05) is 13.8 Å². The third-order valence-electron chi connectivity index (χ3n) is 4.21. The molecule has 1 aliphatic rings. The summed E-state index contributed by atoms with van der Waals surface area (Å²) in [4.78, 5) is 18.7. The fourth-order valence-corrected chi connectivity index (χ4v) is 2.76. The predicted molar refractivity (Wildman–Crippen MR) is 83.0 cm³/mol. The minimum atomic E-state index is -0.300. The van der Waals surface area contributed by atoms with Gasteiger partial charge in [-0.2, -0.15) is 0 Å². The topological polar surface area (TPSA) is 79.5 Å². The summed E-state index contributed by atoms with van der Waals surface area (Å²) in [7, 11) is 0. The molecule has 1 saturated heterocycles. The maximum absolute atomic E-state index is 12.6. The van der Waals surface area contributed by atoms with E-state index in [2.05, 4.69) is 4.98 Å². The number of pyridine rings is 1. The first-order valence-corrected chi connectivity index (χ1v) is 7.63. The number of piperidine rings is 1. The second-order valence-corrected chi connectivity index (χ2v) is 6.23. The molecule has 1 fully saturated rings. The number of hydrogen-bond donors (Lipinski definition) is 2. The quantitative estimate of drug-likeness (QED) is 0.893. The zero-order chi connectivity index (χ0) is 15.6. The number of carbonyl (C=O) groups excluding carboxylic acids is 1. The van der Waals surface area contributed by atoms with E-state index < -0.39 is 0 Å². The highest BCUT2D eigenvalue weighted by Gasteiger charge is 2.26. The summed E-state index contributed by atoms with van der Waals surface area (Å²) in [6.07, 6.45) is 1.40. The van der Waals surface area contributed by atoms with Gasteiger partial charge in [-0.05, 0) is 43.7 Å². The Bertz CT molecular complexity index is 506. The number of aliphatic hydroxyl groups excluding tert-OH is 1. The molecule has 1 amide bonds.